The molecule has 0 spiro atoms. The van der Waals surface area contributed by atoms with Gasteiger partial charge >= 0.3 is 5.97 Å². The number of carbonyl (C=O) groups excluding carboxylic acids is 1. The summed E-state index contributed by atoms with van der Waals surface area (Å²) in [4.78, 5) is 16.7. The molecular formula is C13H13BrN2O2S. The van der Waals surface area contributed by atoms with E-state index >= 15 is 0 Å². The number of esters is 1. The van der Waals surface area contributed by atoms with Gasteiger partial charge in [0, 0.05) is 16.6 Å². The predicted molar refractivity (Wildman–Crippen MR) is 78.0 cm³/mol. The van der Waals surface area contributed by atoms with Crippen molar-refractivity contribution in [3.8, 4) is 0 Å². The zero-order chi connectivity index (χ0) is 13.8. The summed E-state index contributed by atoms with van der Waals surface area (Å²) in [6.07, 6.45) is 0. The van der Waals surface area contributed by atoms with Gasteiger partial charge in [-0.15, -0.1) is 11.3 Å². The standard InChI is InChI=1S/C13H13BrN2O2S/c1-8-12(19-11(6-15)16-8)13(17)18-7-9-4-2-3-5-10(9)14/h2-5H,6-7,15H2,1H3. The molecule has 0 aliphatic heterocycles. The number of thiazole rings is 1. The molecule has 0 unspecified atom stereocenters. The Hall–Kier alpha value is -1.24. The summed E-state index contributed by atoms with van der Waals surface area (Å²) in [5.74, 6) is -0.356. The van der Waals surface area contributed by atoms with Crippen LogP contribution in [0.5, 0.6) is 0 Å². The number of nitrogens with two attached hydrogens (primary N) is 1. The lowest BCUT2D eigenvalue weighted by Gasteiger charge is -2.05. The molecule has 4 nitrogen and oxygen atoms in total. The first-order chi connectivity index (χ1) is 9.11. The lowest BCUT2D eigenvalue weighted by atomic mass is 10.2. The fourth-order valence-corrected chi connectivity index (χ4v) is 2.79. The highest BCUT2D eigenvalue weighted by Gasteiger charge is 2.16. The molecule has 100 valence electrons. The topological polar surface area (TPSA) is 65.2 Å². The van der Waals surface area contributed by atoms with Gasteiger partial charge in [0.25, 0.3) is 0 Å². The van der Waals surface area contributed by atoms with Crippen LogP contribution >= 0.6 is 27.3 Å². The molecule has 0 fully saturated rings. The Morgan fingerprint density at radius 1 is 1.47 bits per heavy atom. The summed E-state index contributed by atoms with van der Waals surface area (Å²) in [5.41, 5.74) is 7.10. The normalized spacial score (nSPS) is 10.5. The number of aromatic nitrogens is 1. The molecule has 0 aliphatic rings. The highest BCUT2D eigenvalue weighted by Crippen LogP contribution is 2.21. The van der Waals surface area contributed by atoms with E-state index in [0.29, 0.717) is 17.1 Å². The Morgan fingerprint density at radius 2 is 2.21 bits per heavy atom. The molecule has 2 rings (SSSR count). The zero-order valence-electron chi connectivity index (χ0n) is 10.4. The quantitative estimate of drug-likeness (QED) is 0.868. The van der Waals surface area contributed by atoms with Crippen molar-refractivity contribution in [1.82, 2.24) is 4.98 Å². The first-order valence-electron chi connectivity index (χ1n) is 5.68. The third-order valence-electron chi connectivity index (χ3n) is 2.52. The summed E-state index contributed by atoms with van der Waals surface area (Å²) >= 11 is 4.70. The summed E-state index contributed by atoms with van der Waals surface area (Å²) in [7, 11) is 0. The number of ether oxygens (including phenoxy) is 1. The lowest BCUT2D eigenvalue weighted by Crippen LogP contribution is -2.05. The van der Waals surface area contributed by atoms with E-state index in [-0.39, 0.29) is 12.6 Å². The Kier molecular flexibility index (Phi) is 4.68. The van der Waals surface area contributed by atoms with Gasteiger partial charge in [-0.3, -0.25) is 0 Å². The Balaban J connectivity index is 2.05. The predicted octanol–water partition coefficient (Wildman–Crippen LogP) is 3.03. The van der Waals surface area contributed by atoms with Gasteiger partial charge in [0.15, 0.2) is 0 Å². The molecule has 0 saturated heterocycles. The largest absolute Gasteiger partial charge is 0.457 e. The van der Waals surface area contributed by atoms with Crippen molar-refractivity contribution in [2.75, 3.05) is 0 Å². The van der Waals surface area contributed by atoms with E-state index < -0.39 is 0 Å². The summed E-state index contributed by atoms with van der Waals surface area (Å²) in [6.45, 7) is 2.35. The minimum Gasteiger partial charge on any atom is -0.457 e. The number of carbonyl (C=O) groups is 1. The van der Waals surface area contributed by atoms with E-state index in [1.54, 1.807) is 6.92 Å². The first kappa shape index (κ1) is 14.2. The van der Waals surface area contributed by atoms with Crippen LogP contribution < -0.4 is 5.73 Å². The molecule has 0 saturated carbocycles. The molecular weight excluding hydrogens is 328 g/mol. The van der Waals surface area contributed by atoms with Gasteiger partial charge in [0.05, 0.1) is 5.69 Å². The van der Waals surface area contributed by atoms with E-state index in [1.807, 2.05) is 24.3 Å². The zero-order valence-corrected chi connectivity index (χ0v) is 12.8. The summed E-state index contributed by atoms with van der Waals surface area (Å²) < 4.78 is 6.22. The van der Waals surface area contributed by atoms with Gasteiger partial charge in [-0.1, -0.05) is 34.1 Å². The maximum Gasteiger partial charge on any atom is 0.350 e. The molecule has 1 aromatic carbocycles. The highest BCUT2D eigenvalue weighted by molar-refractivity contribution is 9.10. The van der Waals surface area contributed by atoms with E-state index in [9.17, 15) is 4.79 Å². The molecule has 0 aliphatic carbocycles. The second-order valence-electron chi connectivity index (χ2n) is 3.89. The maximum atomic E-state index is 12.0. The average molecular weight is 341 g/mol. The highest BCUT2D eigenvalue weighted by atomic mass is 79.9. The third-order valence-corrected chi connectivity index (χ3v) is 4.45. The Labute approximate surface area is 123 Å². The molecule has 0 amide bonds. The Bertz CT molecular complexity index is 598. The fraction of sp³-hybridized carbons (Fsp3) is 0.231. The van der Waals surface area contributed by atoms with Gasteiger partial charge in [-0.05, 0) is 13.0 Å². The number of halogens is 1. The maximum absolute atomic E-state index is 12.0. The molecule has 0 radical (unpaired) electrons. The van der Waals surface area contributed by atoms with Gasteiger partial charge < -0.3 is 10.5 Å². The average Bonchev–Trinajstić information content (AvgIpc) is 2.79. The van der Waals surface area contributed by atoms with Crippen molar-refractivity contribution in [3.63, 3.8) is 0 Å². The van der Waals surface area contributed by atoms with Crippen LogP contribution in [0.1, 0.15) is 25.9 Å². The number of aryl methyl sites for hydroxylation is 1. The number of nitrogens with zero attached hydrogens (tertiary/aromatic N) is 1. The molecule has 2 N–H and O–H groups in total. The first-order valence-corrected chi connectivity index (χ1v) is 7.29. The smallest absolute Gasteiger partial charge is 0.350 e. The summed E-state index contributed by atoms with van der Waals surface area (Å²) in [6, 6.07) is 7.63. The van der Waals surface area contributed by atoms with Crippen LogP contribution in [0.25, 0.3) is 0 Å². The van der Waals surface area contributed by atoms with E-state index in [2.05, 4.69) is 20.9 Å². The van der Waals surface area contributed by atoms with Crippen molar-refractivity contribution < 1.29 is 9.53 Å². The van der Waals surface area contributed by atoms with Crippen molar-refractivity contribution in [2.24, 2.45) is 5.73 Å². The number of rotatable bonds is 4. The molecule has 0 bridgehead atoms. The third kappa shape index (κ3) is 3.40. The summed E-state index contributed by atoms with van der Waals surface area (Å²) in [5, 5.41) is 0.741. The van der Waals surface area contributed by atoms with Gasteiger partial charge in [-0.2, -0.15) is 0 Å². The van der Waals surface area contributed by atoms with Crippen LogP contribution in [0, 0.1) is 6.92 Å². The van der Waals surface area contributed by atoms with Crippen LogP contribution in [-0.2, 0) is 17.9 Å². The minimum atomic E-state index is -0.356. The molecule has 1 aromatic heterocycles. The monoisotopic (exact) mass is 340 g/mol. The van der Waals surface area contributed by atoms with Gasteiger partial charge in [0.2, 0.25) is 0 Å². The molecule has 1 heterocycles. The van der Waals surface area contributed by atoms with Crippen LogP contribution in [0.3, 0.4) is 0 Å². The second kappa shape index (κ2) is 6.27. The van der Waals surface area contributed by atoms with E-state index in [0.717, 1.165) is 15.0 Å². The molecule has 6 heteroatoms. The molecule has 2 aromatic rings. The minimum absolute atomic E-state index is 0.232. The second-order valence-corrected chi connectivity index (χ2v) is 5.83. The molecule has 19 heavy (non-hydrogen) atoms. The van der Waals surface area contributed by atoms with Gasteiger partial charge in [-0.25, -0.2) is 9.78 Å². The molecule has 0 atom stereocenters. The number of hydrogen-bond acceptors (Lipinski definition) is 5. The van der Waals surface area contributed by atoms with Crippen molar-refractivity contribution in [2.45, 2.75) is 20.1 Å². The van der Waals surface area contributed by atoms with E-state index in [4.69, 9.17) is 10.5 Å². The lowest BCUT2D eigenvalue weighted by molar-refractivity contribution is 0.0476. The van der Waals surface area contributed by atoms with Crippen LogP contribution in [0.15, 0.2) is 28.7 Å². The van der Waals surface area contributed by atoms with E-state index in [1.165, 1.54) is 11.3 Å². The van der Waals surface area contributed by atoms with Gasteiger partial charge in [0.1, 0.15) is 16.5 Å². The fourth-order valence-electron chi connectivity index (χ4n) is 1.55. The number of hydrogen-bond donors (Lipinski definition) is 1. The Morgan fingerprint density at radius 3 is 2.84 bits per heavy atom. The SMILES string of the molecule is Cc1nc(CN)sc1C(=O)OCc1ccccc1Br. The van der Waals surface area contributed by atoms with Crippen LogP contribution in [-0.4, -0.2) is 11.0 Å². The van der Waals surface area contributed by atoms with Crippen LogP contribution in [0.2, 0.25) is 0 Å². The number of benzene rings is 1. The van der Waals surface area contributed by atoms with Crippen molar-refractivity contribution in [3.05, 3.63) is 49.9 Å². The van der Waals surface area contributed by atoms with Crippen molar-refractivity contribution >= 4 is 33.2 Å². The van der Waals surface area contributed by atoms with Crippen molar-refractivity contribution in [1.29, 1.82) is 0 Å². The van der Waals surface area contributed by atoms with Crippen LogP contribution in [0.4, 0.5) is 0 Å².